The quantitative estimate of drug-likeness (QED) is 0.796. The summed E-state index contributed by atoms with van der Waals surface area (Å²) in [6, 6.07) is 9.91. The summed E-state index contributed by atoms with van der Waals surface area (Å²) in [4.78, 5) is 1.12. The fourth-order valence-corrected chi connectivity index (χ4v) is 2.53. The normalized spacial score (nSPS) is 31.5. The van der Waals surface area contributed by atoms with Crippen molar-refractivity contribution in [3.05, 3.63) is 30.3 Å². The maximum atomic E-state index is 9.48. The number of aliphatic hydroxyl groups excluding tert-OH is 2. The van der Waals surface area contributed by atoms with Crippen LogP contribution in [0.25, 0.3) is 0 Å². The number of thioether (sulfide) groups is 1. The van der Waals surface area contributed by atoms with Crippen LogP contribution in [-0.4, -0.2) is 34.5 Å². The average molecular weight is 226 g/mol. The standard InChI is InChI=1S/C11H14O3S/c12-9-6-11(14-7-10(9)13)15-8-4-2-1-3-5-8/h1-5,9-13H,6-7H2/t9-,10-,11-/m0/s1. The molecular weight excluding hydrogens is 212 g/mol. The van der Waals surface area contributed by atoms with Gasteiger partial charge in [-0.15, -0.1) is 0 Å². The lowest BCUT2D eigenvalue weighted by atomic mass is 10.1. The number of benzene rings is 1. The molecule has 3 nitrogen and oxygen atoms in total. The Hall–Kier alpha value is -0.550. The number of rotatable bonds is 2. The van der Waals surface area contributed by atoms with E-state index in [0.717, 1.165) is 4.90 Å². The van der Waals surface area contributed by atoms with Gasteiger partial charge >= 0.3 is 0 Å². The molecule has 2 N–H and O–H groups in total. The molecule has 1 aliphatic rings. The Labute approximate surface area is 93.1 Å². The maximum absolute atomic E-state index is 9.48. The zero-order valence-electron chi connectivity index (χ0n) is 8.24. The van der Waals surface area contributed by atoms with E-state index in [4.69, 9.17) is 4.74 Å². The molecule has 15 heavy (non-hydrogen) atoms. The van der Waals surface area contributed by atoms with Gasteiger partial charge in [-0.25, -0.2) is 0 Å². The third-order valence-electron chi connectivity index (χ3n) is 2.34. The number of hydrogen-bond donors (Lipinski definition) is 2. The molecule has 0 radical (unpaired) electrons. The lowest BCUT2D eigenvalue weighted by Gasteiger charge is -2.29. The molecule has 0 unspecified atom stereocenters. The molecule has 1 aliphatic heterocycles. The summed E-state index contributed by atoms with van der Waals surface area (Å²) >= 11 is 1.58. The molecular formula is C11H14O3S. The Bertz CT molecular complexity index is 304. The predicted octanol–water partition coefficient (Wildman–Crippen LogP) is 1.25. The third-order valence-corrected chi connectivity index (χ3v) is 3.48. The van der Waals surface area contributed by atoms with Crippen molar-refractivity contribution < 1.29 is 14.9 Å². The zero-order chi connectivity index (χ0) is 10.7. The van der Waals surface area contributed by atoms with E-state index in [9.17, 15) is 10.2 Å². The van der Waals surface area contributed by atoms with E-state index in [1.807, 2.05) is 30.3 Å². The van der Waals surface area contributed by atoms with Crippen molar-refractivity contribution in [1.29, 1.82) is 0 Å². The molecule has 1 aromatic carbocycles. The van der Waals surface area contributed by atoms with Gasteiger partial charge in [0.15, 0.2) is 0 Å². The molecule has 0 saturated carbocycles. The Balaban J connectivity index is 1.91. The monoisotopic (exact) mass is 226 g/mol. The molecule has 1 aromatic rings. The molecule has 3 atom stereocenters. The summed E-state index contributed by atoms with van der Waals surface area (Å²) in [5.41, 5.74) is -0.0641. The second kappa shape index (κ2) is 4.99. The molecule has 82 valence electrons. The molecule has 0 spiro atoms. The van der Waals surface area contributed by atoms with Crippen molar-refractivity contribution in [1.82, 2.24) is 0 Å². The van der Waals surface area contributed by atoms with Crippen molar-refractivity contribution >= 4 is 11.8 Å². The smallest absolute Gasteiger partial charge is 0.110 e. The van der Waals surface area contributed by atoms with E-state index < -0.39 is 12.2 Å². The van der Waals surface area contributed by atoms with E-state index in [0.29, 0.717) is 6.42 Å². The lowest BCUT2D eigenvalue weighted by Crippen LogP contribution is -2.39. The van der Waals surface area contributed by atoms with E-state index in [-0.39, 0.29) is 12.0 Å². The first-order chi connectivity index (χ1) is 7.25. The van der Waals surface area contributed by atoms with Gasteiger partial charge in [0.2, 0.25) is 0 Å². The van der Waals surface area contributed by atoms with Gasteiger partial charge < -0.3 is 14.9 Å². The Morgan fingerprint density at radius 2 is 1.87 bits per heavy atom. The van der Waals surface area contributed by atoms with Crippen LogP contribution in [0.5, 0.6) is 0 Å². The topological polar surface area (TPSA) is 49.7 Å². The third kappa shape index (κ3) is 2.95. The minimum Gasteiger partial charge on any atom is -0.390 e. The van der Waals surface area contributed by atoms with Gasteiger partial charge in [-0.1, -0.05) is 30.0 Å². The van der Waals surface area contributed by atoms with Gasteiger partial charge in [0.25, 0.3) is 0 Å². The van der Waals surface area contributed by atoms with Crippen molar-refractivity contribution in [2.24, 2.45) is 0 Å². The van der Waals surface area contributed by atoms with Crippen molar-refractivity contribution in [3.8, 4) is 0 Å². The number of ether oxygens (including phenoxy) is 1. The van der Waals surface area contributed by atoms with Crippen LogP contribution < -0.4 is 0 Å². The van der Waals surface area contributed by atoms with Crippen molar-refractivity contribution in [3.63, 3.8) is 0 Å². The van der Waals surface area contributed by atoms with Crippen LogP contribution in [0.2, 0.25) is 0 Å². The summed E-state index contributed by atoms with van der Waals surface area (Å²) in [6.45, 7) is 0.214. The van der Waals surface area contributed by atoms with Gasteiger partial charge in [0, 0.05) is 11.3 Å². The maximum Gasteiger partial charge on any atom is 0.110 e. The molecule has 1 heterocycles. The van der Waals surface area contributed by atoms with Crippen LogP contribution >= 0.6 is 11.8 Å². The second-order valence-electron chi connectivity index (χ2n) is 3.56. The fourth-order valence-electron chi connectivity index (χ4n) is 1.47. The second-order valence-corrected chi connectivity index (χ2v) is 4.80. The van der Waals surface area contributed by atoms with Gasteiger partial charge in [0.1, 0.15) is 11.5 Å². The highest BCUT2D eigenvalue weighted by Crippen LogP contribution is 2.30. The lowest BCUT2D eigenvalue weighted by molar-refractivity contribution is -0.0954. The van der Waals surface area contributed by atoms with Gasteiger partial charge in [-0.3, -0.25) is 0 Å². The first-order valence-corrected chi connectivity index (χ1v) is 5.83. The Morgan fingerprint density at radius 1 is 1.13 bits per heavy atom. The van der Waals surface area contributed by atoms with Crippen LogP contribution in [0.15, 0.2) is 35.2 Å². The van der Waals surface area contributed by atoms with E-state index in [2.05, 4.69) is 0 Å². The summed E-state index contributed by atoms with van der Waals surface area (Å²) in [5, 5.41) is 18.8. The summed E-state index contributed by atoms with van der Waals surface area (Å²) in [5.74, 6) is 0. The Morgan fingerprint density at radius 3 is 2.53 bits per heavy atom. The van der Waals surface area contributed by atoms with E-state index in [1.165, 1.54) is 0 Å². The van der Waals surface area contributed by atoms with Crippen LogP contribution in [0, 0.1) is 0 Å². The fraction of sp³-hybridized carbons (Fsp3) is 0.455. The van der Waals surface area contributed by atoms with E-state index >= 15 is 0 Å². The Kier molecular flexibility index (Phi) is 3.64. The highest BCUT2D eigenvalue weighted by molar-refractivity contribution is 7.99. The average Bonchev–Trinajstić information content (AvgIpc) is 2.25. The first kappa shape index (κ1) is 11.0. The summed E-state index contributed by atoms with van der Waals surface area (Å²) in [7, 11) is 0. The SMILES string of the molecule is O[C@H]1CO[C@@H](Sc2ccccc2)C[C@@H]1O. The van der Waals surface area contributed by atoms with Gasteiger partial charge in [-0.2, -0.15) is 0 Å². The zero-order valence-corrected chi connectivity index (χ0v) is 9.06. The molecule has 1 saturated heterocycles. The van der Waals surface area contributed by atoms with Crippen molar-refractivity contribution in [2.75, 3.05) is 6.61 Å². The van der Waals surface area contributed by atoms with E-state index in [1.54, 1.807) is 11.8 Å². The van der Waals surface area contributed by atoms with Crippen LogP contribution in [-0.2, 0) is 4.74 Å². The highest BCUT2D eigenvalue weighted by Gasteiger charge is 2.28. The first-order valence-electron chi connectivity index (χ1n) is 4.95. The minimum absolute atomic E-state index is 0.0641. The molecule has 0 amide bonds. The molecule has 4 heteroatoms. The van der Waals surface area contributed by atoms with Crippen LogP contribution in [0.4, 0.5) is 0 Å². The largest absolute Gasteiger partial charge is 0.390 e. The molecule has 0 aromatic heterocycles. The van der Waals surface area contributed by atoms with Crippen molar-refractivity contribution in [2.45, 2.75) is 29.0 Å². The minimum atomic E-state index is -0.738. The highest BCUT2D eigenvalue weighted by atomic mass is 32.2. The molecule has 2 rings (SSSR count). The summed E-state index contributed by atoms with van der Waals surface area (Å²) < 4.78 is 5.42. The molecule has 0 bridgehead atoms. The van der Waals surface area contributed by atoms with Crippen LogP contribution in [0.3, 0.4) is 0 Å². The molecule has 1 fully saturated rings. The molecule has 0 aliphatic carbocycles. The van der Waals surface area contributed by atoms with Crippen LogP contribution in [0.1, 0.15) is 6.42 Å². The number of aliphatic hydroxyl groups is 2. The van der Waals surface area contributed by atoms with Gasteiger partial charge in [-0.05, 0) is 12.1 Å². The number of hydrogen-bond acceptors (Lipinski definition) is 4. The summed E-state index contributed by atoms with van der Waals surface area (Å²) in [6.07, 6.45) is -0.932. The van der Waals surface area contributed by atoms with Gasteiger partial charge in [0.05, 0.1) is 12.7 Å². The predicted molar refractivity (Wildman–Crippen MR) is 58.7 cm³/mol.